The molecule has 0 bridgehead atoms. The van der Waals surface area contributed by atoms with Gasteiger partial charge in [-0.2, -0.15) is 5.26 Å². The maximum absolute atomic E-state index is 8.75. The molecule has 4 heteroatoms. The van der Waals surface area contributed by atoms with E-state index in [1.165, 1.54) is 0 Å². The molecule has 0 aliphatic carbocycles. The van der Waals surface area contributed by atoms with Crippen LogP contribution in [0.25, 0.3) is 0 Å². The Kier molecular flexibility index (Phi) is 6.46. The number of hydrogen-bond donors (Lipinski definition) is 1. The first kappa shape index (κ1) is 15.0. The van der Waals surface area contributed by atoms with Gasteiger partial charge < -0.3 is 14.7 Å². The van der Waals surface area contributed by atoms with Crippen LogP contribution in [0, 0.1) is 23.2 Å². The molecule has 4 nitrogen and oxygen atoms in total. The number of nitriles is 1. The molecule has 0 spiro atoms. The summed E-state index contributed by atoms with van der Waals surface area (Å²) in [5.74, 6) is 6.20. The third-order valence-corrected chi connectivity index (χ3v) is 2.62. The van der Waals surface area contributed by atoms with E-state index in [-0.39, 0.29) is 6.61 Å². The monoisotopic (exact) mass is 258 g/mol. The molecule has 0 heterocycles. The van der Waals surface area contributed by atoms with Crippen LogP contribution >= 0.6 is 0 Å². The smallest absolute Gasteiger partial charge is 0.134 e. The van der Waals surface area contributed by atoms with Crippen molar-refractivity contribution in [2.45, 2.75) is 13.0 Å². The molecule has 0 saturated carbocycles. The van der Waals surface area contributed by atoms with E-state index < -0.39 is 0 Å². The van der Waals surface area contributed by atoms with Gasteiger partial charge in [0.05, 0.1) is 18.7 Å². The Hall–Kier alpha value is -2.01. The summed E-state index contributed by atoms with van der Waals surface area (Å²) in [7, 11) is 3.57. The fourth-order valence-electron chi connectivity index (χ4n) is 1.72. The second kappa shape index (κ2) is 8.16. The summed E-state index contributed by atoms with van der Waals surface area (Å²) in [5, 5.41) is 17.3. The van der Waals surface area contributed by atoms with Gasteiger partial charge in [-0.25, -0.2) is 0 Å². The summed E-state index contributed by atoms with van der Waals surface area (Å²) in [6.07, 6.45) is 0.518. The Labute approximate surface area is 114 Å². The highest BCUT2D eigenvalue weighted by Crippen LogP contribution is 2.19. The lowest BCUT2D eigenvalue weighted by Crippen LogP contribution is -2.18. The molecular formula is C15H18N2O2. The second-order valence-electron chi connectivity index (χ2n) is 4.14. The van der Waals surface area contributed by atoms with E-state index >= 15 is 0 Å². The van der Waals surface area contributed by atoms with E-state index in [1.807, 2.05) is 25.2 Å². The highest BCUT2D eigenvalue weighted by molar-refractivity contribution is 5.48. The predicted octanol–water partition coefficient (Wildman–Crippen LogP) is 1.38. The lowest BCUT2D eigenvalue weighted by atomic mass is 10.1. The number of aliphatic hydroxyl groups excluding tert-OH is 1. The van der Waals surface area contributed by atoms with E-state index in [0.717, 1.165) is 24.2 Å². The quantitative estimate of drug-likeness (QED) is 0.811. The van der Waals surface area contributed by atoms with Crippen molar-refractivity contribution in [1.82, 2.24) is 4.90 Å². The van der Waals surface area contributed by atoms with Gasteiger partial charge in [-0.1, -0.05) is 17.9 Å². The maximum atomic E-state index is 8.75. The van der Waals surface area contributed by atoms with E-state index in [4.69, 9.17) is 15.1 Å². The molecule has 1 aromatic rings. The molecule has 0 aromatic heterocycles. The van der Waals surface area contributed by atoms with E-state index in [1.54, 1.807) is 7.11 Å². The van der Waals surface area contributed by atoms with Crippen molar-refractivity contribution in [3.63, 3.8) is 0 Å². The van der Waals surface area contributed by atoms with Gasteiger partial charge in [-0.05, 0) is 24.7 Å². The number of benzene rings is 1. The average molecular weight is 258 g/mol. The first-order valence-electron chi connectivity index (χ1n) is 6.03. The van der Waals surface area contributed by atoms with Crippen LogP contribution in [-0.4, -0.2) is 37.3 Å². The fourth-order valence-corrected chi connectivity index (χ4v) is 1.72. The number of ether oxygens (including phenoxy) is 1. The standard InChI is InChI=1S/C15H18N2O2/c1-17(9-4-8-16)12-13-6-7-15(19-2)14(11-13)5-3-10-18/h6-7,11,18H,4,9-10,12H2,1-2H3. The first-order chi connectivity index (χ1) is 9.21. The topological polar surface area (TPSA) is 56.5 Å². The predicted molar refractivity (Wildman–Crippen MR) is 73.5 cm³/mol. The first-order valence-corrected chi connectivity index (χ1v) is 6.03. The Balaban J connectivity index is 2.83. The summed E-state index contributed by atoms with van der Waals surface area (Å²) in [6, 6.07) is 7.93. The fraction of sp³-hybridized carbons (Fsp3) is 0.400. The van der Waals surface area contributed by atoms with Gasteiger partial charge in [0.2, 0.25) is 0 Å². The van der Waals surface area contributed by atoms with Crippen LogP contribution in [0.3, 0.4) is 0 Å². The van der Waals surface area contributed by atoms with Crippen LogP contribution in [0.2, 0.25) is 0 Å². The largest absolute Gasteiger partial charge is 0.495 e. The van der Waals surface area contributed by atoms with Gasteiger partial charge in [0, 0.05) is 19.5 Å². The summed E-state index contributed by atoms with van der Waals surface area (Å²) in [5.41, 5.74) is 1.87. The van der Waals surface area contributed by atoms with E-state index in [2.05, 4.69) is 22.8 Å². The maximum Gasteiger partial charge on any atom is 0.134 e. The number of nitrogens with zero attached hydrogens (tertiary/aromatic N) is 2. The molecule has 0 fully saturated rings. The molecule has 0 unspecified atom stereocenters. The Morgan fingerprint density at radius 1 is 1.42 bits per heavy atom. The van der Waals surface area contributed by atoms with Gasteiger partial charge >= 0.3 is 0 Å². The van der Waals surface area contributed by atoms with Crippen LogP contribution in [0.4, 0.5) is 0 Å². The van der Waals surface area contributed by atoms with Gasteiger partial charge in [-0.3, -0.25) is 0 Å². The van der Waals surface area contributed by atoms with Gasteiger partial charge in [-0.15, -0.1) is 0 Å². The molecule has 0 aliphatic rings. The molecule has 0 atom stereocenters. The molecular weight excluding hydrogens is 240 g/mol. The molecule has 19 heavy (non-hydrogen) atoms. The van der Waals surface area contributed by atoms with Crippen molar-refractivity contribution in [3.05, 3.63) is 29.3 Å². The minimum Gasteiger partial charge on any atom is -0.495 e. The molecule has 0 saturated heterocycles. The molecule has 0 amide bonds. The summed E-state index contributed by atoms with van der Waals surface area (Å²) in [4.78, 5) is 2.08. The molecule has 1 aromatic carbocycles. The number of aliphatic hydroxyl groups is 1. The highest BCUT2D eigenvalue weighted by atomic mass is 16.5. The van der Waals surface area contributed by atoms with Crippen molar-refractivity contribution in [1.29, 1.82) is 5.26 Å². The Morgan fingerprint density at radius 3 is 2.84 bits per heavy atom. The van der Waals surface area contributed by atoms with Crippen LogP contribution in [0.15, 0.2) is 18.2 Å². The summed E-state index contributed by atoms with van der Waals surface area (Å²) in [6.45, 7) is 1.31. The molecule has 0 aliphatic heterocycles. The summed E-state index contributed by atoms with van der Waals surface area (Å²) >= 11 is 0. The van der Waals surface area contributed by atoms with Crippen LogP contribution in [0.5, 0.6) is 5.75 Å². The van der Waals surface area contributed by atoms with E-state index in [9.17, 15) is 0 Å². The normalized spacial score (nSPS) is 9.63. The van der Waals surface area contributed by atoms with Crippen LogP contribution in [-0.2, 0) is 6.54 Å². The minimum atomic E-state index is -0.171. The van der Waals surface area contributed by atoms with Gasteiger partial charge in [0.1, 0.15) is 12.4 Å². The molecule has 1 rings (SSSR count). The van der Waals surface area contributed by atoms with Crippen LogP contribution < -0.4 is 4.74 Å². The van der Waals surface area contributed by atoms with Crippen molar-refractivity contribution in [3.8, 4) is 23.7 Å². The van der Waals surface area contributed by atoms with Gasteiger partial charge in [0.25, 0.3) is 0 Å². The van der Waals surface area contributed by atoms with Crippen molar-refractivity contribution in [2.24, 2.45) is 0 Å². The third kappa shape index (κ3) is 5.01. The zero-order chi connectivity index (χ0) is 14.1. The lowest BCUT2D eigenvalue weighted by molar-refractivity contribution is 0.334. The molecule has 1 N–H and O–H groups in total. The van der Waals surface area contributed by atoms with Crippen molar-refractivity contribution < 1.29 is 9.84 Å². The second-order valence-corrected chi connectivity index (χ2v) is 4.14. The minimum absolute atomic E-state index is 0.171. The average Bonchev–Trinajstić information content (AvgIpc) is 2.43. The number of hydrogen-bond acceptors (Lipinski definition) is 4. The molecule has 0 radical (unpaired) electrons. The number of rotatable bonds is 5. The number of methoxy groups -OCH3 is 1. The van der Waals surface area contributed by atoms with E-state index in [0.29, 0.717) is 12.2 Å². The molecule has 100 valence electrons. The Bertz CT molecular complexity index is 509. The SMILES string of the molecule is COc1ccc(CN(C)CCC#N)cc1C#CCO. The Morgan fingerprint density at radius 2 is 2.21 bits per heavy atom. The highest BCUT2D eigenvalue weighted by Gasteiger charge is 2.04. The van der Waals surface area contributed by atoms with Gasteiger partial charge in [0.15, 0.2) is 0 Å². The zero-order valence-electron chi connectivity index (χ0n) is 11.3. The van der Waals surface area contributed by atoms with Crippen molar-refractivity contribution >= 4 is 0 Å². The van der Waals surface area contributed by atoms with Crippen molar-refractivity contribution in [2.75, 3.05) is 27.3 Å². The summed E-state index contributed by atoms with van der Waals surface area (Å²) < 4.78 is 5.23. The van der Waals surface area contributed by atoms with Crippen LogP contribution in [0.1, 0.15) is 17.5 Å². The third-order valence-electron chi connectivity index (χ3n) is 2.62. The lowest BCUT2D eigenvalue weighted by Gasteiger charge is -2.15. The zero-order valence-corrected chi connectivity index (χ0v) is 11.3.